The van der Waals surface area contributed by atoms with E-state index in [4.69, 9.17) is 16.0 Å². The number of carbonyl (C=O) groups excluding carboxylic acids is 1. The van der Waals surface area contributed by atoms with E-state index in [2.05, 4.69) is 27.3 Å². The van der Waals surface area contributed by atoms with Gasteiger partial charge >= 0.3 is 0 Å². The minimum Gasteiger partial charge on any atom is -0.419 e. The van der Waals surface area contributed by atoms with Gasteiger partial charge in [-0.1, -0.05) is 36.7 Å². The number of aryl methyl sites for hydroxylation is 1. The Morgan fingerprint density at radius 1 is 1.18 bits per heavy atom. The molecule has 1 saturated heterocycles. The number of hydrogen-bond acceptors (Lipinski definition) is 5. The van der Waals surface area contributed by atoms with E-state index in [0.717, 1.165) is 46.7 Å². The smallest absolute Gasteiger partial charge is 0.249 e. The SMILES string of the molecule is Cc1cc(Cl)ccc1NC(=O)Cn1cc(-c2nnc(CN3CCC(C)CC3)o2)c2ccccc21. The van der Waals surface area contributed by atoms with Crippen LogP contribution in [-0.4, -0.2) is 38.7 Å². The molecule has 0 bridgehead atoms. The zero-order chi connectivity index (χ0) is 23.7. The fourth-order valence-corrected chi connectivity index (χ4v) is 4.72. The molecule has 1 aliphatic rings. The van der Waals surface area contributed by atoms with Gasteiger partial charge in [0.05, 0.1) is 12.1 Å². The Hall–Kier alpha value is -3.16. The molecule has 3 heterocycles. The van der Waals surface area contributed by atoms with Gasteiger partial charge in [-0.25, -0.2) is 0 Å². The maximum absolute atomic E-state index is 12.8. The molecule has 2 aromatic carbocycles. The van der Waals surface area contributed by atoms with Gasteiger partial charge in [0.25, 0.3) is 0 Å². The van der Waals surface area contributed by atoms with E-state index < -0.39 is 0 Å². The van der Waals surface area contributed by atoms with Crippen LogP contribution in [0.5, 0.6) is 0 Å². The highest BCUT2D eigenvalue weighted by Gasteiger charge is 2.20. The van der Waals surface area contributed by atoms with E-state index >= 15 is 0 Å². The lowest BCUT2D eigenvalue weighted by Gasteiger charge is -2.28. The molecule has 0 aliphatic carbocycles. The zero-order valence-electron chi connectivity index (χ0n) is 19.4. The molecule has 4 aromatic rings. The zero-order valence-corrected chi connectivity index (χ0v) is 20.2. The summed E-state index contributed by atoms with van der Waals surface area (Å²) in [5.41, 5.74) is 3.43. The van der Waals surface area contributed by atoms with E-state index in [-0.39, 0.29) is 12.5 Å². The summed E-state index contributed by atoms with van der Waals surface area (Å²) < 4.78 is 7.98. The molecular weight excluding hydrogens is 450 g/mol. The second-order valence-electron chi connectivity index (χ2n) is 9.15. The van der Waals surface area contributed by atoms with Crippen molar-refractivity contribution in [3.05, 3.63) is 65.1 Å². The number of halogens is 1. The number of benzene rings is 2. The Morgan fingerprint density at radius 2 is 1.97 bits per heavy atom. The quantitative estimate of drug-likeness (QED) is 0.395. The lowest BCUT2D eigenvalue weighted by molar-refractivity contribution is -0.116. The lowest BCUT2D eigenvalue weighted by atomic mass is 9.99. The van der Waals surface area contributed by atoms with E-state index in [1.807, 2.05) is 54.1 Å². The van der Waals surface area contributed by atoms with Crippen LogP contribution < -0.4 is 5.32 Å². The summed E-state index contributed by atoms with van der Waals surface area (Å²) in [6.07, 6.45) is 4.32. The standard InChI is InChI=1S/C26H28ClN5O2/c1-17-9-11-31(12-10-17)16-25-29-30-26(34-25)21-14-32(23-6-4-3-5-20(21)23)15-24(33)28-22-8-7-19(27)13-18(22)2/h3-8,13-14,17H,9-12,15-16H2,1-2H3,(H,28,33). The minimum absolute atomic E-state index is 0.122. The van der Waals surface area contributed by atoms with Crippen LogP contribution >= 0.6 is 11.6 Å². The van der Waals surface area contributed by atoms with Gasteiger partial charge in [0, 0.05) is 27.8 Å². The van der Waals surface area contributed by atoms with E-state index in [9.17, 15) is 4.79 Å². The summed E-state index contributed by atoms with van der Waals surface area (Å²) >= 11 is 6.03. The molecule has 1 amide bonds. The molecule has 1 fully saturated rings. The van der Waals surface area contributed by atoms with Crippen molar-refractivity contribution < 1.29 is 9.21 Å². The number of para-hydroxylation sites is 1. The fourth-order valence-electron chi connectivity index (χ4n) is 4.50. The van der Waals surface area contributed by atoms with Crippen molar-refractivity contribution in [2.45, 2.75) is 39.8 Å². The minimum atomic E-state index is -0.122. The molecule has 0 saturated carbocycles. The number of hydrogen-bond donors (Lipinski definition) is 1. The van der Waals surface area contributed by atoms with Gasteiger partial charge in [-0.2, -0.15) is 0 Å². The predicted octanol–water partition coefficient (Wildman–Crippen LogP) is 5.52. The Labute approximate surface area is 203 Å². The van der Waals surface area contributed by atoms with Crippen LogP contribution in [0.3, 0.4) is 0 Å². The number of carbonyl (C=O) groups is 1. The number of fused-ring (bicyclic) bond motifs is 1. The number of rotatable bonds is 6. The summed E-state index contributed by atoms with van der Waals surface area (Å²) in [6.45, 7) is 7.16. The molecule has 0 unspecified atom stereocenters. The molecule has 0 atom stereocenters. The third kappa shape index (κ3) is 4.86. The first-order valence-corrected chi connectivity index (χ1v) is 12.0. The normalized spacial score (nSPS) is 15.1. The molecule has 8 heteroatoms. The number of anilines is 1. The van der Waals surface area contributed by atoms with E-state index in [1.54, 1.807) is 6.07 Å². The molecular formula is C26H28ClN5O2. The highest BCUT2D eigenvalue weighted by molar-refractivity contribution is 6.30. The molecule has 0 radical (unpaired) electrons. The topological polar surface area (TPSA) is 76.2 Å². The molecule has 176 valence electrons. The average molecular weight is 478 g/mol. The Kier molecular flexibility index (Phi) is 6.39. The molecule has 1 aliphatic heterocycles. The lowest BCUT2D eigenvalue weighted by Crippen LogP contribution is -2.32. The van der Waals surface area contributed by atoms with Crippen molar-refractivity contribution in [1.29, 1.82) is 0 Å². The highest BCUT2D eigenvalue weighted by atomic mass is 35.5. The summed E-state index contributed by atoms with van der Waals surface area (Å²) in [6, 6.07) is 13.4. The van der Waals surface area contributed by atoms with Crippen LogP contribution in [-0.2, 0) is 17.9 Å². The Morgan fingerprint density at radius 3 is 2.76 bits per heavy atom. The second kappa shape index (κ2) is 9.60. The van der Waals surface area contributed by atoms with Crippen LogP contribution in [0.25, 0.3) is 22.4 Å². The van der Waals surface area contributed by atoms with E-state index in [0.29, 0.717) is 23.3 Å². The number of nitrogens with zero attached hydrogens (tertiary/aromatic N) is 4. The molecule has 7 nitrogen and oxygen atoms in total. The van der Waals surface area contributed by atoms with Crippen molar-refractivity contribution in [3.63, 3.8) is 0 Å². The average Bonchev–Trinajstić information content (AvgIpc) is 3.42. The fraction of sp³-hybridized carbons (Fsp3) is 0.346. The number of aromatic nitrogens is 3. The van der Waals surface area contributed by atoms with Gasteiger partial charge in [-0.3, -0.25) is 9.69 Å². The first-order valence-electron chi connectivity index (χ1n) is 11.7. The largest absolute Gasteiger partial charge is 0.419 e. The van der Waals surface area contributed by atoms with Crippen molar-refractivity contribution in [3.8, 4) is 11.5 Å². The van der Waals surface area contributed by atoms with Crippen LogP contribution in [0, 0.1) is 12.8 Å². The number of nitrogens with one attached hydrogen (secondary N) is 1. The van der Waals surface area contributed by atoms with Gasteiger partial charge in [-0.15, -0.1) is 10.2 Å². The first-order chi connectivity index (χ1) is 16.5. The van der Waals surface area contributed by atoms with E-state index in [1.165, 1.54) is 12.8 Å². The van der Waals surface area contributed by atoms with Crippen LogP contribution in [0.2, 0.25) is 5.02 Å². The molecule has 34 heavy (non-hydrogen) atoms. The van der Waals surface area contributed by atoms with Crippen LogP contribution in [0.15, 0.2) is 53.1 Å². The second-order valence-corrected chi connectivity index (χ2v) is 9.59. The molecule has 5 rings (SSSR count). The van der Waals surface area contributed by atoms with Gasteiger partial charge in [0.1, 0.15) is 6.54 Å². The summed E-state index contributed by atoms with van der Waals surface area (Å²) in [5.74, 6) is 1.76. The summed E-state index contributed by atoms with van der Waals surface area (Å²) in [7, 11) is 0. The number of likely N-dealkylation sites (tertiary alicyclic amines) is 1. The maximum Gasteiger partial charge on any atom is 0.249 e. The van der Waals surface area contributed by atoms with Crippen molar-refractivity contribution in [2.75, 3.05) is 18.4 Å². The first kappa shape index (κ1) is 22.6. The Bertz CT molecular complexity index is 1320. The van der Waals surface area contributed by atoms with Gasteiger partial charge < -0.3 is 14.3 Å². The third-order valence-corrected chi connectivity index (χ3v) is 6.73. The number of amides is 1. The molecule has 0 spiro atoms. The summed E-state index contributed by atoms with van der Waals surface area (Å²) in [4.78, 5) is 15.2. The molecule has 2 aromatic heterocycles. The predicted molar refractivity (Wildman–Crippen MR) is 134 cm³/mol. The van der Waals surface area contributed by atoms with Crippen molar-refractivity contribution in [1.82, 2.24) is 19.7 Å². The van der Waals surface area contributed by atoms with Gasteiger partial charge in [0.2, 0.25) is 17.7 Å². The maximum atomic E-state index is 12.8. The monoisotopic (exact) mass is 477 g/mol. The van der Waals surface area contributed by atoms with Gasteiger partial charge in [0.15, 0.2) is 0 Å². The molecule has 1 N–H and O–H groups in total. The van der Waals surface area contributed by atoms with Crippen LogP contribution in [0.1, 0.15) is 31.2 Å². The van der Waals surface area contributed by atoms with Gasteiger partial charge in [-0.05, 0) is 68.6 Å². The van der Waals surface area contributed by atoms with Crippen LogP contribution in [0.4, 0.5) is 5.69 Å². The van der Waals surface area contributed by atoms with Crippen molar-refractivity contribution >= 4 is 34.1 Å². The number of piperidine rings is 1. The Balaban J connectivity index is 1.35. The van der Waals surface area contributed by atoms with Crippen molar-refractivity contribution in [2.24, 2.45) is 5.92 Å². The highest BCUT2D eigenvalue weighted by Crippen LogP contribution is 2.30. The third-order valence-electron chi connectivity index (χ3n) is 6.50. The summed E-state index contributed by atoms with van der Waals surface area (Å²) in [5, 5.41) is 13.2.